The summed E-state index contributed by atoms with van der Waals surface area (Å²) in [6.45, 7) is 1.99. The van der Waals surface area contributed by atoms with E-state index in [9.17, 15) is 4.79 Å². The molecule has 11 heavy (non-hydrogen) atoms. The molecular formula is C7H16N2O2. The van der Waals surface area contributed by atoms with Crippen LogP contribution in [0.25, 0.3) is 0 Å². The van der Waals surface area contributed by atoms with Crippen molar-refractivity contribution in [2.75, 3.05) is 14.2 Å². The lowest BCUT2D eigenvalue weighted by Gasteiger charge is -2.17. The Hall–Kier alpha value is -0.610. The van der Waals surface area contributed by atoms with E-state index in [1.54, 1.807) is 7.05 Å². The molecule has 0 aromatic heterocycles. The van der Waals surface area contributed by atoms with E-state index in [2.05, 4.69) is 4.84 Å². The minimum Gasteiger partial charge on any atom is -0.320 e. The van der Waals surface area contributed by atoms with Crippen molar-refractivity contribution in [2.24, 2.45) is 5.73 Å². The standard InChI is InChI=1S/C7H16N2O2/c1-4-5-6(8)7(10)9(2)11-3/h6H,4-5,8H2,1-3H3/t6-/m0/s1. The van der Waals surface area contributed by atoms with Crippen molar-refractivity contribution < 1.29 is 9.63 Å². The average molecular weight is 160 g/mol. The third-order valence-electron chi connectivity index (χ3n) is 1.50. The van der Waals surface area contributed by atoms with Gasteiger partial charge in [0.1, 0.15) is 0 Å². The second kappa shape index (κ2) is 5.09. The van der Waals surface area contributed by atoms with E-state index in [1.165, 1.54) is 7.11 Å². The van der Waals surface area contributed by atoms with E-state index in [0.717, 1.165) is 11.5 Å². The summed E-state index contributed by atoms with van der Waals surface area (Å²) < 4.78 is 0. The zero-order chi connectivity index (χ0) is 8.85. The Balaban J connectivity index is 3.81. The molecule has 4 heteroatoms. The molecule has 2 N–H and O–H groups in total. The van der Waals surface area contributed by atoms with Crippen LogP contribution in [-0.4, -0.2) is 31.2 Å². The van der Waals surface area contributed by atoms with Gasteiger partial charge in [0.05, 0.1) is 13.2 Å². The van der Waals surface area contributed by atoms with Crippen LogP contribution in [0.3, 0.4) is 0 Å². The second-order valence-electron chi connectivity index (χ2n) is 2.41. The van der Waals surface area contributed by atoms with Crippen LogP contribution < -0.4 is 5.73 Å². The Labute approximate surface area is 67.3 Å². The van der Waals surface area contributed by atoms with Crippen LogP contribution in [0.5, 0.6) is 0 Å². The van der Waals surface area contributed by atoms with Crippen LogP contribution in [0, 0.1) is 0 Å². The summed E-state index contributed by atoms with van der Waals surface area (Å²) in [5, 5.41) is 1.15. The van der Waals surface area contributed by atoms with E-state index >= 15 is 0 Å². The van der Waals surface area contributed by atoms with Crippen LogP contribution in [0.2, 0.25) is 0 Å². The van der Waals surface area contributed by atoms with Gasteiger partial charge in [-0.2, -0.15) is 0 Å². The van der Waals surface area contributed by atoms with Gasteiger partial charge in [0, 0.05) is 7.05 Å². The van der Waals surface area contributed by atoms with Gasteiger partial charge in [0.25, 0.3) is 5.91 Å². The molecule has 4 nitrogen and oxygen atoms in total. The molecule has 0 aliphatic carbocycles. The molecule has 0 bridgehead atoms. The maximum absolute atomic E-state index is 11.1. The van der Waals surface area contributed by atoms with E-state index in [0.29, 0.717) is 6.42 Å². The van der Waals surface area contributed by atoms with Crippen molar-refractivity contribution in [1.82, 2.24) is 5.06 Å². The number of hydroxylamine groups is 2. The van der Waals surface area contributed by atoms with Crippen LogP contribution in [0.4, 0.5) is 0 Å². The summed E-state index contributed by atoms with van der Waals surface area (Å²) in [5.41, 5.74) is 5.53. The fraction of sp³-hybridized carbons (Fsp3) is 0.857. The quantitative estimate of drug-likeness (QED) is 0.595. The maximum Gasteiger partial charge on any atom is 0.262 e. The number of likely N-dealkylation sites (N-methyl/N-ethyl adjacent to an activating group) is 1. The topological polar surface area (TPSA) is 55.6 Å². The van der Waals surface area contributed by atoms with E-state index < -0.39 is 6.04 Å². The zero-order valence-corrected chi connectivity index (χ0v) is 7.33. The number of carbonyl (C=O) groups is 1. The fourth-order valence-corrected chi connectivity index (χ4v) is 0.758. The summed E-state index contributed by atoms with van der Waals surface area (Å²) in [7, 11) is 2.99. The summed E-state index contributed by atoms with van der Waals surface area (Å²) >= 11 is 0. The lowest BCUT2D eigenvalue weighted by Crippen LogP contribution is -2.40. The number of hydrogen-bond donors (Lipinski definition) is 1. The normalized spacial score (nSPS) is 12.7. The summed E-state index contributed by atoms with van der Waals surface area (Å²) in [6, 6.07) is -0.426. The highest BCUT2D eigenvalue weighted by atomic mass is 16.7. The van der Waals surface area contributed by atoms with E-state index in [4.69, 9.17) is 5.73 Å². The van der Waals surface area contributed by atoms with Gasteiger partial charge < -0.3 is 5.73 Å². The number of amides is 1. The van der Waals surface area contributed by atoms with Crippen LogP contribution in [-0.2, 0) is 9.63 Å². The number of hydrogen-bond acceptors (Lipinski definition) is 3. The Morgan fingerprint density at radius 3 is 2.64 bits per heavy atom. The molecular weight excluding hydrogens is 144 g/mol. The first-order valence-electron chi connectivity index (χ1n) is 3.70. The first kappa shape index (κ1) is 10.4. The highest BCUT2D eigenvalue weighted by Gasteiger charge is 2.16. The number of carbonyl (C=O) groups excluding carboxylic acids is 1. The van der Waals surface area contributed by atoms with Gasteiger partial charge in [0.2, 0.25) is 0 Å². The molecule has 0 rings (SSSR count). The SMILES string of the molecule is CCC[C@H](N)C(=O)N(C)OC. The summed E-state index contributed by atoms with van der Waals surface area (Å²) in [6.07, 6.45) is 1.61. The van der Waals surface area contributed by atoms with Gasteiger partial charge in [-0.05, 0) is 6.42 Å². The predicted octanol–water partition coefficient (Wildman–Crippen LogP) is 0.134. The predicted molar refractivity (Wildman–Crippen MR) is 42.7 cm³/mol. The minimum atomic E-state index is -0.426. The van der Waals surface area contributed by atoms with Crippen molar-refractivity contribution in [3.05, 3.63) is 0 Å². The maximum atomic E-state index is 11.1. The number of nitrogens with zero attached hydrogens (tertiary/aromatic N) is 1. The van der Waals surface area contributed by atoms with Gasteiger partial charge in [-0.3, -0.25) is 9.63 Å². The molecule has 1 amide bonds. The van der Waals surface area contributed by atoms with Gasteiger partial charge in [-0.15, -0.1) is 0 Å². The largest absolute Gasteiger partial charge is 0.320 e. The third-order valence-corrected chi connectivity index (χ3v) is 1.50. The molecule has 0 unspecified atom stereocenters. The van der Waals surface area contributed by atoms with Gasteiger partial charge >= 0.3 is 0 Å². The molecule has 0 aliphatic heterocycles. The highest BCUT2D eigenvalue weighted by Crippen LogP contribution is 1.97. The van der Waals surface area contributed by atoms with Crippen molar-refractivity contribution in [3.63, 3.8) is 0 Å². The summed E-state index contributed by atoms with van der Waals surface area (Å²) in [5.74, 6) is -0.172. The zero-order valence-electron chi connectivity index (χ0n) is 7.33. The Kier molecular flexibility index (Phi) is 4.81. The molecule has 0 radical (unpaired) electrons. The van der Waals surface area contributed by atoms with Gasteiger partial charge in [-0.25, -0.2) is 5.06 Å². The van der Waals surface area contributed by atoms with Crippen molar-refractivity contribution >= 4 is 5.91 Å². The molecule has 0 heterocycles. The highest BCUT2D eigenvalue weighted by molar-refractivity contribution is 5.80. The van der Waals surface area contributed by atoms with E-state index in [-0.39, 0.29) is 5.91 Å². The molecule has 0 aromatic carbocycles. The number of rotatable bonds is 4. The lowest BCUT2D eigenvalue weighted by molar-refractivity contribution is -0.170. The smallest absolute Gasteiger partial charge is 0.262 e. The number of nitrogens with two attached hydrogens (primary N) is 1. The monoisotopic (exact) mass is 160 g/mol. The third kappa shape index (κ3) is 3.34. The van der Waals surface area contributed by atoms with Crippen LogP contribution >= 0.6 is 0 Å². The average Bonchev–Trinajstić information content (AvgIpc) is 2.02. The van der Waals surface area contributed by atoms with Crippen molar-refractivity contribution in [3.8, 4) is 0 Å². The van der Waals surface area contributed by atoms with Crippen molar-refractivity contribution in [2.45, 2.75) is 25.8 Å². The molecule has 0 aromatic rings. The van der Waals surface area contributed by atoms with Crippen LogP contribution in [0.1, 0.15) is 19.8 Å². The fourth-order valence-electron chi connectivity index (χ4n) is 0.758. The first-order valence-corrected chi connectivity index (χ1v) is 3.70. The molecule has 1 atom stereocenters. The van der Waals surface area contributed by atoms with Crippen molar-refractivity contribution in [1.29, 1.82) is 0 Å². The Morgan fingerprint density at radius 2 is 2.27 bits per heavy atom. The molecule has 0 saturated carbocycles. The second-order valence-corrected chi connectivity index (χ2v) is 2.41. The molecule has 0 saturated heterocycles. The van der Waals surface area contributed by atoms with Gasteiger partial charge in [-0.1, -0.05) is 13.3 Å². The Bertz CT molecular complexity index is 128. The van der Waals surface area contributed by atoms with Gasteiger partial charge in [0.15, 0.2) is 0 Å². The molecule has 66 valence electrons. The molecule has 0 spiro atoms. The molecule has 0 aliphatic rings. The Morgan fingerprint density at radius 1 is 1.73 bits per heavy atom. The summed E-state index contributed by atoms with van der Waals surface area (Å²) in [4.78, 5) is 15.8. The van der Waals surface area contributed by atoms with E-state index in [1.807, 2.05) is 6.92 Å². The lowest BCUT2D eigenvalue weighted by atomic mass is 10.2. The minimum absolute atomic E-state index is 0.172. The first-order chi connectivity index (χ1) is 5.13. The molecule has 0 fully saturated rings. The van der Waals surface area contributed by atoms with Crippen LogP contribution in [0.15, 0.2) is 0 Å².